The molecule has 4 aromatic rings. The molecule has 0 atom stereocenters. The molecule has 0 aliphatic rings. The van der Waals surface area contributed by atoms with Crippen LogP contribution in [0, 0.1) is 6.92 Å². The van der Waals surface area contributed by atoms with Crippen molar-refractivity contribution in [1.82, 2.24) is 14.9 Å². The number of halogens is 1. The van der Waals surface area contributed by atoms with Crippen LogP contribution in [0.2, 0.25) is 5.02 Å². The maximum atomic E-state index is 12.4. The van der Waals surface area contributed by atoms with Gasteiger partial charge in [0.05, 0.1) is 18.4 Å². The number of benzene rings is 2. The van der Waals surface area contributed by atoms with Crippen LogP contribution in [-0.4, -0.2) is 20.8 Å². The maximum absolute atomic E-state index is 12.4. The van der Waals surface area contributed by atoms with Crippen molar-refractivity contribution >= 4 is 23.2 Å². The Kier molecular flexibility index (Phi) is 4.95. The van der Waals surface area contributed by atoms with E-state index in [0.717, 1.165) is 16.7 Å². The van der Waals surface area contributed by atoms with E-state index in [-0.39, 0.29) is 11.6 Å². The van der Waals surface area contributed by atoms with Gasteiger partial charge in [-0.05, 0) is 24.6 Å². The van der Waals surface area contributed by atoms with Crippen molar-refractivity contribution in [2.75, 3.05) is 5.32 Å². The number of anilines is 1. The molecule has 4 rings (SSSR count). The van der Waals surface area contributed by atoms with E-state index in [0.29, 0.717) is 23.0 Å². The van der Waals surface area contributed by atoms with E-state index in [1.165, 1.54) is 0 Å². The summed E-state index contributed by atoms with van der Waals surface area (Å²) in [6.45, 7) is 2.59. The van der Waals surface area contributed by atoms with Gasteiger partial charge in [-0.3, -0.25) is 9.48 Å². The lowest BCUT2D eigenvalue weighted by molar-refractivity contribution is 0.101. The number of nitrogens with zero attached hydrogens (tertiary/aromatic N) is 3. The van der Waals surface area contributed by atoms with Crippen LogP contribution < -0.4 is 5.32 Å². The van der Waals surface area contributed by atoms with Crippen molar-refractivity contribution in [2.24, 2.45) is 0 Å². The van der Waals surface area contributed by atoms with Crippen LogP contribution in [0.25, 0.3) is 11.3 Å². The van der Waals surface area contributed by atoms with Crippen LogP contribution in [0.5, 0.6) is 0 Å². The lowest BCUT2D eigenvalue weighted by Gasteiger charge is -2.02. The third-order valence-electron chi connectivity index (χ3n) is 4.23. The van der Waals surface area contributed by atoms with Gasteiger partial charge in [0.2, 0.25) is 0 Å². The summed E-state index contributed by atoms with van der Waals surface area (Å²) in [5, 5.41) is 11.6. The highest BCUT2D eigenvalue weighted by Gasteiger charge is 2.14. The first kappa shape index (κ1) is 18.0. The molecule has 2 aromatic carbocycles. The summed E-state index contributed by atoms with van der Waals surface area (Å²) in [6.07, 6.45) is 3.35. The summed E-state index contributed by atoms with van der Waals surface area (Å²) >= 11 is 5.90. The summed E-state index contributed by atoms with van der Waals surface area (Å²) in [5.41, 5.74) is 3.87. The zero-order valence-electron chi connectivity index (χ0n) is 15.1. The fourth-order valence-corrected chi connectivity index (χ4v) is 2.85. The lowest BCUT2D eigenvalue weighted by atomic mass is 10.1. The standard InChI is InChI=1S/C21H17ClN4O2/c1-14-2-6-16(7-3-14)20-10-19(25-28-20)21(27)24-18-11-23-26(13-18)12-15-4-8-17(22)9-5-15/h2-11,13H,12H2,1H3,(H,24,27). The molecule has 0 spiro atoms. The molecule has 2 heterocycles. The first-order chi connectivity index (χ1) is 13.6. The lowest BCUT2D eigenvalue weighted by Crippen LogP contribution is -2.11. The Labute approximate surface area is 166 Å². The minimum Gasteiger partial charge on any atom is -0.355 e. The predicted octanol–water partition coefficient (Wildman–Crippen LogP) is 4.80. The maximum Gasteiger partial charge on any atom is 0.277 e. The van der Waals surface area contributed by atoms with Gasteiger partial charge >= 0.3 is 0 Å². The molecule has 1 amide bonds. The third-order valence-corrected chi connectivity index (χ3v) is 4.48. The van der Waals surface area contributed by atoms with E-state index < -0.39 is 0 Å². The average molecular weight is 393 g/mol. The quantitative estimate of drug-likeness (QED) is 0.529. The molecule has 0 fully saturated rings. The Bertz CT molecular complexity index is 1100. The Morgan fingerprint density at radius 3 is 2.64 bits per heavy atom. The largest absolute Gasteiger partial charge is 0.355 e. The Hall–Kier alpha value is -3.38. The molecule has 2 aromatic heterocycles. The van der Waals surface area contributed by atoms with Gasteiger partial charge < -0.3 is 9.84 Å². The molecule has 0 saturated carbocycles. The highest BCUT2D eigenvalue weighted by molar-refractivity contribution is 6.30. The van der Waals surface area contributed by atoms with Crippen molar-refractivity contribution in [3.8, 4) is 11.3 Å². The number of hydrogen-bond acceptors (Lipinski definition) is 4. The Morgan fingerprint density at radius 1 is 1.14 bits per heavy atom. The highest BCUT2D eigenvalue weighted by Crippen LogP contribution is 2.21. The minimum atomic E-state index is -0.354. The normalized spacial score (nSPS) is 10.8. The van der Waals surface area contributed by atoms with E-state index in [2.05, 4.69) is 15.6 Å². The average Bonchev–Trinajstić information content (AvgIpc) is 3.34. The molecule has 28 heavy (non-hydrogen) atoms. The van der Waals surface area contributed by atoms with Crippen molar-refractivity contribution in [3.63, 3.8) is 0 Å². The van der Waals surface area contributed by atoms with Gasteiger partial charge in [-0.15, -0.1) is 0 Å². The molecule has 140 valence electrons. The van der Waals surface area contributed by atoms with E-state index in [1.807, 2.05) is 55.5 Å². The topological polar surface area (TPSA) is 73.0 Å². The van der Waals surface area contributed by atoms with Crippen LogP contribution in [0.1, 0.15) is 21.6 Å². The second-order valence-electron chi connectivity index (χ2n) is 6.45. The number of hydrogen-bond donors (Lipinski definition) is 1. The molecule has 0 saturated heterocycles. The number of carbonyl (C=O) groups is 1. The number of rotatable bonds is 5. The number of amides is 1. The zero-order valence-corrected chi connectivity index (χ0v) is 15.8. The van der Waals surface area contributed by atoms with Gasteiger partial charge in [-0.2, -0.15) is 5.10 Å². The summed E-state index contributed by atoms with van der Waals surface area (Å²) in [7, 11) is 0. The molecule has 0 unspecified atom stereocenters. The second kappa shape index (κ2) is 7.70. The molecule has 0 aliphatic carbocycles. The minimum absolute atomic E-state index is 0.209. The highest BCUT2D eigenvalue weighted by atomic mass is 35.5. The number of carbonyl (C=O) groups excluding carboxylic acids is 1. The van der Waals surface area contributed by atoms with Crippen LogP contribution in [0.15, 0.2) is 71.5 Å². The van der Waals surface area contributed by atoms with Gasteiger partial charge in [0.15, 0.2) is 11.5 Å². The van der Waals surface area contributed by atoms with Crippen LogP contribution >= 0.6 is 11.6 Å². The van der Waals surface area contributed by atoms with Crippen LogP contribution in [0.3, 0.4) is 0 Å². The van der Waals surface area contributed by atoms with Crippen molar-refractivity contribution in [2.45, 2.75) is 13.5 Å². The first-order valence-corrected chi connectivity index (χ1v) is 9.06. The predicted molar refractivity (Wildman–Crippen MR) is 107 cm³/mol. The molecule has 0 aliphatic heterocycles. The van der Waals surface area contributed by atoms with Crippen molar-refractivity contribution in [3.05, 3.63) is 88.8 Å². The number of aromatic nitrogens is 3. The van der Waals surface area contributed by atoms with Gasteiger partial charge in [0.1, 0.15) is 0 Å². The summed E-state index contributed by atoms with van der Waals surface area (Å²) in [5.74, 6) is 0.191. The molecule has 6 nitrogen and oxygen atoms in total. The molecule has 0 bridgehead atoms. The molecule has 0 radical (unpaired) electrons. The second-order valence-corrected chi connectivity index (χ2v) is 6.89. The SMILES string of the molecule is Cc1ccc(-c2cc(C(=O)Nc3cnn(Cc4ccc(Cl)cc4)c3)no2)cc1. The van der Waals surface area contributed by atoms with E-state index in [9.17, 15) is 4.79 Å². The summed E-state index contributed by atoms with van der Waals surface area (Å²) in [6, 6.07) is 17.0. The molecule has 1 N–H and O–H groups in total. The fourth-order valence-electron chi connectivity index (χ4n) is 2.72. The third kappa shape index (κ3) is 4.13. The van der Waals surface area contributed by atoms with E-state index in [4.69, 9.17) is 16.1 Å². The fraction of sp³-hybridized carbons (Fsp3) is 0.0952. The van der Waals surface area contributed by atoms with Crippen LogP contribution in [-0.2, 0) is 6.54 Å². The van der Waals surface area contributed by atoms with E-state index in [1.54, 1.807) is 23.1 Å². The first-order valence-electron chi connectivity index (χ1n) is 8.69. The van der Waals surface area contributed by atoms with Gasteiger partial charge in [-0.1, -0.05) is 58.7 Å². The molecule has 7 heteroatoms. The monoisotopic (exact) mass is 392 g/mol. The summed E-state index contributed by atoms with van der Waals surface area (Å²) in [4.78, 5) is 12.4. The van der Waals surface area contributed by atoms with Gasteiger partial charge in [0.25, 0.3) is 5.91 Å². The zero-order chi connectivity index (χ0) is 19.5. The Balaban J connectivity index is 1.42. The van der Waals surface area contributed by atoms with Crippen molar-refractivity contribution < 1.29 is 9.32 Å². The van der Waals surface area contributed by atoms with Gasteiger partial charge in [0, 0.05) is 22.8 Å². The van der Waals surface area contributed by atoms with Crippen molar-refractivity contribution in [1.29, 1.82) is 0 Å². The number of aryl methyl sites for hydroxylation is 1. The van der Waals surface area contributed by atoms with Crippen LogP contribution in [0.4, 0.5) is 5.69 Å². The smallest absolute Gasteiger partial charge is 0.277 e. The Morgan fingerprint density at radius 2 is 1.89 bits per heavy atom. The number of nitrogens with one attached hydrogen (secondary N) is 1. The van der Waals surface area contributed by atoms with Gasteiger partial charge in [-0.25, -0.2) is 0 Å². The molecular weight excluding hydrogens is 376 g/mol. The molecular formula is C21H17ClN4O2. The van der Waals surface area contributed by atoms with E-state index >= 15 is 0 Å². The summed E-state index contributed by atoms with van der Waals surface area (Å²) < 4.78 is 7.04.